The molecule has 0 spiro atoms. The van der Waals surface area contributed by atoms with Gasteiger partial charge in [-0.2, -0.15) is 0 Å². The van der Waals surface area contributed by atoms with Crippen LogP contribution in [0.5, 0.6) is 11.5 Å². The van der Waals surface area contributed by atoms with Gasteiger partial charge >= 0.3 is 11.6 Å². The number of aromatic nitrogens is 1. The molecule has 186 valence electrons. The lowest BCUT2D eigenvalue weighted by Gasteiger charge is -2.20. The fourth-order valence-electron chi connectivity index (χ4n) is 4.89. The Bertz CT molecular complexity index is 1570. The van der Waals surface area contributed by atoms with Crippen LogP contribution in [0.4, 0.5) is 0 Å². The Morgan fingerprint density at radius 3 is 2.75 bits per heavy atom. The molecular weight excluding hydrogens is 464 g/mol. The maximum atomic E-state index is 13.0. The molecule has 4 N–H and O–H groups in total. The summed E-state index contributed by atoms with van der Waals surface area (Å²) < 4.78 is 11.6. The Balaban J connectivity index is 1.38. The number of aliphatic carboxylic acids is 1. The third-order valence-electron chi connectivity index (χ3n) is 6.64. The maximum Gasteiger partial charge on any atom is 0.339 e. The number of benzene rings is 2. The van der Waals surface area contributed by atoms with Crippen LogP contribution in [0.25, 0.3) is 21.9 Å². The molecule has 2 atom stereocenters. The van der Waals surface area contributed by atoms with Gasteiger partial charge in [-0.1, -0.05) is 0 Å². The summed E-state index contributed by atoms with van der Waals surface area (Å²) in [4.78, 5) is 40.4. The van der Waals surface area contributed by atoms with E-state index < -0.39 is 24.0 Å². The molecule has 2 aromatic carbocycles. The Morgan fingerprint density at radius 2 is 1.97 bits per heavy atom. The summed E-state index contributed by atoms with van der Waals surface area (Å²) in [7, 11) is 0. The number of fused-ring (bicyclic) bond motifs is 4. The molecule has 1 aliphatic rings. The van der Waals surface area contributed by atoms with Gasteiger partial charge in [0.1, 0.15) is 23.1 Å². The van der Waals surface area contributed by atoms with Crippen LogP contribution in [0, 0.1) is 6.92 Å². The van der Waals surface area contributed by atoms with E-state index >= 15 is 0 Å². The second-order valence-corrected chi connectivity index (χ2v) is 9.24. The number of amides is 1. The number of nitrogens with one attached hydrogen (secondary N) is 2. The Morgan fingerprint density at radius 1 is 1.19 bits per heavy atom. The van der Waals surface area contributed by atoms with Crippen molar-refractivity contribution < 1.29 is 29.0 Å². The zero-order valence-electron chi connectivity index (χ0n) is 19.9. The lowest BCUT2D eigenvalue weighted by atomic mass is 10.0. The summed E-state index contributed by atoms with van der Waals surface area (Å²) in [5, 5.41) is 23.5. The highest BCUT2D eigenvalue weighted by Crippen LogP contribution is 2.35. The van der Waals surface area contributed by atoms with Gasteiger partial charge in [0.25, 0.3) is 5.91 Å². The van der Waals surface area contributed by atoms with Crippen LogP contribution in [0.1, 0.15) is 35.6 Å². The summed E-state index contributed by atoms with van der Waals surface area (Å²) in [5.41, 5.74) is 3.80. The number of aromatic hydroxyl groups is 1. The summed E-state index contributed by atoms with van der Waals surface area (Å²) in [6.07, 6.45) is 2.88. The maximum absolute atomic E-state index is 13.0. The zero-order chi connectivity index (χ0) is 25.6. The number of ether oxygens (including phenoxy) is 1. The lowest BCUT2D eigenvalue weighted by Crippen LogP contribution is -2.47. The number of carboxylic acid groups (broad SMARTS) is 1. The van der Waals surface area contributed by atoms with Gasteiger partial charge in [0.15, 0.2) is 6.10 Å². The van der Waals surface area contributed by atoms with E-state index in [1.54, 1.807) is 37.4 Å². The van der Waals surface area contributed by atoms with Crippen LogP contribution in [0.3, 0.4) is 0 Å². The van der Waals surface area contributed by atoms with E-state index in [2.05, 4.69) is 10.3 Å². The molecule has 0 unspecified atom stereocenters. The number of carbonyl (C=O) groups excluding carboxylic acids is 1. The van der Waals surface area contributed by atoms with Crippen molar-refractivity contribution >= 4 is 33.7 Å². The second-order valence-electron chi connectivity index (χ2n) is 9.24. The van der Waals surface area contributed by atoms with Gasteiger partial charge in [-0.3, -0.25) is 4.79 Å². The molecule has 0 aliphatic heterocycles. The molecule has 0 fully saturated rings. The van der Waals surface area contributed by atoms with Gasteiger partial charge in [0.05, 0.1) is 5.39 Å². The van der Waals surface area contributed by atoms with Crippen LogP contribution < -0.4 is 15.7 Å². The molecule has 9 heteroatoms. The van der Waals surface area contributed by atoms with Gasteiger partial charge in [-0.15, -0.1) is 0 Å². The average molecular weight is 491 g/mol. The third-order valence-corrected chi connectivity index (χ3v) is 6.64. The van der Waals surface area contributed by atoms with Crippen molar-refractivity contribution in [3.8, 4) is 11.5 Å². The standard InChI is InChI=1S/C27H26N2O7/c1-13-8-22(24-17-4-3-5-18(17)27(34)36-23(24)9-13)35-14(2)25(31)29-21(26(32)33)10-15-12-28-20-7-6-16(30)11-19(15)20/h6-9,11-12,14,21,28,30H,3-5,10H2,1-2H3,(H,29,31)(H,32,33)/t14-,21-/m0/s1. The quantitative estimate of drug-likeness (QED) is 0.291. The van der Waals surface area contributed by atoms with E-state index in [4.69, 9.17) is 9.15 Å². The number of hydrogen-bond acceptors (Lipinski definition) is 6. The molecule has 4 aromatic rings. The fraction of sp³-hybridized carbons (Fsp3) is 0.296. The number of aromatic amines is 1. The molecule has 1 amide bonds. The number of hydrogen-bond donors (Lipinski definition) is 4. The number of H-pyrrole nitrogens is 1. The first-order valence-electron chi connectivity index (χ1n) is 11.8. The predicted octanol–water partition coefficient (Wildman–Crippen LogP) is 3.36. The van der Waals surface area contributed by atoms with E-state index in [1.807, 2.05) is 6.92 Å². The minimum absolute atomic E-state index is 0.0172. The molecule has 0 saturated heterocycles. The molecule has 2 heterocycles. The van der Waals surface area contributed by atoms with Crippen molar-refractivity contribution in [2.45, 2.75) is 51.7 Å². The van der Waals surface area contributed by atoms with E-state index in [0.717, 1.165) is 29.5 Å². The summed E-state index contributed by atoms with van der Waals surface area (Å²) in [5.74, 6) is -1.29. The van der Waals surface area contributed by atoms with Crippen LogP contribution in [-0.2, 0) is 28.9 Å². The first-order chi connectivity index (χ1) is 17.2. The monoisotopic (exact) mass is 490 g/mol. The normalized spacial score (nSPS) is 14.5. The molecule has 2 aromatic heterocycles. The topological polar surface area (TPSA) is 142 Å². The third kappa shape index (κ3) is 4.28. The van der Waals surface area contributed by atoms with E-state index in [-0.39, 0.29) is 17.8 Å². The van der Waals surface area contributed by atoms with Gasteiger partial charge in [0.2, 0.25) is 0 Å². The largest absolute Gasteiger partial charge is 0.508 e. The van der Waals surface area contributed by atoms with Gasteiger partial charge in [-0.05, 0) is 80.1 Å². The number of carboxylic acids is 1. The van der Waals surface area contributed by atoms with Crippen molar-refractivity contribution in [1.82, 2.24) is 10.3 Å². The van der Waals surface area contributed by atoms with Crippen molar-refractivity contribution in [3.05, 3.63) is 69.2 Å². The molecule has 0 bridgehead atoms. The van der Waals surface area contributed by atoms with Gasteiger partial charge in [0, 0.05) is 29.1 Å². The summed E-state index contributed by atoms with van der Waals surface area (Å²) in [6.45, 7) is 3.38. The first-order valence-corrected chi connectivity index (χ1v) is 11.8. The van der Waals surface area contributed by atoms with Gasteiger partial charge in [-0.25, -0.2) is 9.59 Å². The molecule has 9 nitrogen and oxygen atoms in total. The Hall–Kier alpha value is -4.27. The predicted molar refractivity (Wildman–Crippen MR) is 133 cm³/mol. The fourth-order valence-corrected chi connectivity index (χ4v) is 4.89. The minimum Gasteiger partial charge on any atom is -0.508 e. The number of carbonyl (C=O) groups is 2. The first kappa shape index (κ1) is 23.5. The van der Waals surface area contributed by atoms with Crippen molar-refractivity contribution in [2.75, 3.05) is 0 Å². The molecule has 36 heavy (non-hydrogen) atoms. The zero-order valence-corrected chi connectivity index (χ0v) is 19.9. The smallest absolute Gasteiger partial charge is 0.339 e. The summed E-state index contributed by atoms with van der Waals surface area (Å²) in [6, 6.07) is 7.13. The molecular formula is C27H26N2O7. The van der Waals surface area contributed by atoms with Crippen molar-refractivity contribution in [3.63, 3.8) is 0 Å². The van der Waals surface area contributed by atoms with E-state index in [1.165, 1.54) is 6.07 Å². The highest BCUT2D eigenvalue weighted by molar-refractivity contribution is 5.91. The Kier molecular flexibility index (Phi) is 5.91. The molecule has 0 saturated carbocycles. The minimum atomic E-state index is -1.21. The van der Waals surface area contributed by atoms with Crippen LogP contribution in [0.2, 0.25) is 0 Å². The molecule has 1 aliphatic carbocycles. The highest BCUT2D eigenvalue weighted by atomic mass is 16.5. The average Bonchev–Trinajstić information content (AvgIpc) is 3.46. The number of phenolic OH excluding ortho intramolecular Hbond substituents is 1. The number of phenols is 1. The second kappa shape index (κ2) is 9.07. The van der Waals surface area contributed by atoms with Crippen LogP contribution in [0.15, 0.2) is 45.7 Å². The van der Waals surface area contributed by atoms with Crippen LogP contribution >= 0.6 is 0 Å². The summed E-state index contributed by atoms with van der Waals surface area (Å²) >= 11 is 0. The highest BCUT2D eigenvalue weighted by Gasteiger charge is 2.27. The van der Waals surface area contributed by atoms with E-state index in [0.29, 0.717) is 39.7 Å². The SMILES string of the molecule is Cc1cc(O[C@@H](C)C(=O)N[C@@H](Cc2c[nH]c3ccc(O)cc23)C(=O)O)c2c3c(c(=O)oc2c1)CCC3. The van der Waals surface area contributed by atoms with Gasteiger partial charge < -0.3 is 29.7 Å². The number of rotatable bonds is 7. The van der Waals surface area contributed by atoms with Crippen LogP contribution in [-0.4, -0.2) is 39.2 Å². The lowest BCUT2D eigenvalue weighted by molar-refractivity contribution is -0.142. The number of aryl methyl sites for hydroxylation is 2. The molecule has 0 radical (unpaired) electrons. The molecule has 5 rings (SSSR count). The van der Waals surface area contributed by atoms with Crippen molar-refractivity contribution in [1.29, 1.82) is 0 Å². The van der Waals surface area contributed by atoms with Crippen molar-refractivity contribution in [2.24, 2.45) is 0 Å². The van der Waals surface area contributed by atoms with E-state index in [9.17, 15) is 24.6 Å². The Labute approximate surface area is 205 Å².